The summed E-state index contributed by atoms with van der Waals surface area (Å²) in [4.78, 5) is 24.7. The van der Waals surface area contributed by atoms with Crippen LogP contribution in [0.4, 0.5) is 0 Å². The second-order valence-electron chi connectivity index (χ2n) is 3.60. The van der Waals surface area contributed by atoms with Crippen molar-refractivity contribution in [1.29, 1.82) is 0 Å². The van der Waals surface area contributed by atoms with Crippen LogP contribution in [-0.2, 0) is 17.8 Å². The number of rotatable bonds is 6. The van der Waals surface area contributed by atoms with Crippen LogP contribution in [0, 0.1) is 0 Å². The SMILES string of the molecule is O=C(O)C(Cc1c[nH]cn1)NCc1c[nH]cn1. The molecule has 0 bridgehead atoms. The van der Waals surface area contributed by atoms with Crippen molar-refractivity contribution in [1.82, 2.24) is 25.3 Å². The summed E-state index contributed by atoms with van der Waals surface area (Å²) >= 11 is 0. The van der Waals surface area contributed by atoms with E-state index >= 15 is 0 Å². The van der Waals surface area contributed by atoms with E-state index in [4.69, 9.17) is 5.11 Å². The van der Waals surface area contributed by atoms with Gasteiger partial charge in [0, 0.05) is 25.4 Å². The maximum Gasteiger partial charge on any atom is 0.321 e. The molecule has 4 N–H and O–H groups in total. The van der Waals surface area contributed by atoms with Crippen molar-refractivity contribution >= 4 is 5.97 Å². The Hall–Kier alpha value is -2.15. The van der Waals surface area contributed by atoms with E-state index in [1.165, 1.54) is 6.33 Å². The van der Waals surface area contributed by atoms with Crippen molar-refractivity contribution in [2.45, 2.75) is 19.0 Å². The number of aromatic nitrogens is 4. The molecule has 0 aliphatic carbocycles. The van der Waals surface area contributed by atoms with Crippen LogP contribution in [0.25, 0.3) is 0 Å². The van der Waals surface area contributed by atoms with Gasteiger partial charge in [-0.3, -0.25) is 10.1 Å². The molecule has 0 aliphatic heterocycles. The summed E-state index contributed by atoms with van der Waals surface area (Å²) in [5.74, 6) is -0.900. The highest BCUT2D eigenvalue weighted by molar-refractivity contribution is 5.73. The Kier molecular flexibility index (Phi) is 3.51. The van der Waals surface area contributed by atoms with Gasteiger partial charge in [-0.2, -0.15) is 0 Å². The number of carboxylic acids is 1. The Morgan fingerprint density at radius 2 is 1.94 bits per heavy atom. The average Bonchev–Trinajstić information content (AvgIpc) is 2.97. The van der Waals surface area contributed by atoms with Crippen LogP contribution >= 0.6 is 0 Å². The first-order valence-corrected chi connectivity index (χ1v) is 5.17. The Morgan fingerprint density at radius 3 is 2.47 bits per heavy atom. The van der Waals surface area contributed by atoms with Crippen molar-refractivity contribution in [3.05, 3.63) is 36.4 Å². The lowest BCUT2D eigenvalue weighted by Gasteiger charge is -2.11. The normalized spacial score (nSPS) is 12.5. The molecule has 7 heteroatoms. The maximum atomic E-state index is 11.1. The highest BCUT2D eigenvalue weighted by Gasteiger charge is 2.18. The van der Waals surface area contributed by atoms with E-state index in [0.29, 0.717) is 18.7 Å². The maximum absolute atomic E-state index is 11.1. The molecule has 0 aromatic carbocycles. The molecule has 0 fully saturated rings. The summed E-state index contributed by atoms with van der Waals surface area (Å²) in [5.41, 5.74) is 1.49. The monoisotopic (exact) mass is 235 g/mol. The van der Waals surface area contributed by atoms with Crippen molar-refractivity contribution in [2.24, 2.45) is 0 Å². The number of aliphatic carboxylic acids is 1. The largest absolute Gasteiger partial charge is 0.480 e. The first kappa shape index (κ1) is 11.3. The molecule has 90 valence electrons. The molecular weight excluding hydrogens is 222 g/mol. The zero-order chi connectivity index (χ0) is 12.1. The molecule has 0 spiro atoms. The highest BCUT2D eigenvalue weighted by Crippen LogP contribution is 2.00. The second kappa shape index (κ2) is 5.26. The van der Waals surface area contributed by atoms with Crippen LogP contribution in [0.1, 0.15) is 11.4 Å². The molecule has 0 aliphatic rings. The Morgan fingerprint density at radius 1 is 1.29 bits per heavy atom. The third-order valence-electron chi connectivity index (χ3n) is 2.35. The van der Waals surface area contributed by atoms with Crippen LogP contribution in [0.2, 0.25) is 0 Å². The van der Waals surface area contributed by atoms with Gasteiger partial charge in [-0.15, -0.1) is 0 Å². The fraction of sp³-hybridized carbons (Fsp3) is 0.300. The molecule has 2 aromatic heterocycles. The quantitative estimate of drug-likeness (QED) is 0.560. The fourth-order valence-corrected chi connectivity index (χ4v) is 1.47. The lowest BCUT2D eigenvalue weighted by Crippen LogP contribution is -2.38. The van der Waals surface area contributed by atoms with E-state index in [0.717, 1.165) is 5.69 Å². The first-order chi connectivity index (χ1) is 8.25. The average molecular weight is 235 g/mol. The zero-order valence-corrected chi connectivity index (χ0v) is 9.05. The minimum absolute atomic E-state index is 0.337. The van der Waals surface area contributed by atoms with Gasteiger partial charge in [-0.05, 0) is 0 Å². The molecule has 7 nitrogen and oxygen atoms in total. The Bertz CT molecular complexity index is 451. The van der Waals surface area contributed by atoms with E-state index in [1.807, 2.05) is 0 Å². The van der Waals surface area contributed by atoms with Gasteiger partial charge in [0.15, 0.2) is 0 Å². The lowest BCUT2D eigenvalue weighted by atomic mass is 10.1. The van der Waals surface area contributed by atoms with Gasteiger partial charge in [0.05, 0.1) is 24.0 Å². The topological polar surface area (TPSA) is 107 Å². The van der Waals surface area contributed by atoms with E-state index in [-0.39, 0.29) is 0 Å². The summed E-state index contributed by atoms with van der Waals surface area (Å²) in [7, 11) is 0. The fourth-order valence-electron chi connectivity index (χ4n) is 1.47. The van der Waals surface area contributed by atoms with E-state index in [1.54, 1.807) is 18.7 Å². The number of hydrogen-bond donors (Lipinski definition) is 4. The molecule has 0 radical (unpaired) electrons. The van der Waals surface area contributed by atoms with Crippen molar-refractivity contribution < 1.29 is 9.90 Å². The molecule has 1 atom stereocenters. The van der Waals surface area contributed by atoms with Crippen LogP contribution in [-0.4, -0.2) is 37.1 Å². The number of H-pyrrole nitrogens is 2. The smallest absolute Gasteiger partial charge is 0.321 e. The first-order valence-electron chi connectivity index (χ1n) is 5.17. The van der Waals surface area contributed by atoms with Gasteiger partial charge in [0.2, 0.25) is 0 Å². The van der Waals surface area contributed by atoms with Gasteiger partial charge >= 0.3 is 5.97 Å². The number of nitrogens with zero attached hydrogens (tertiary/aromatic N) is 2. The van der Waals surface area contributed by atoms with Crippen molar-refractivity contribution in [2.75, 3.05) is 0 Å². The second-order valence-corrected chi connectivity index (χ2v) is 3.60. The minimum atomic E-state index is -0.900. The summed E-state index contributed by atoms with van der Waals surface area (Å²) in [5, 5.41) is 12.0. The number of aromatic amines is 2. The number of nitrogens with one attached hydrogen (secondary N) is 3. The van der Waals surface area contributed by atoms with Crippen LogP contribution < -0.4 is 5.32 Å². The predicted octanol–water partition coefficient (Wildman–Crippen LogP) is -0.0817. The molecule has 0 saturated carbocycles. The number of carboxylic acid groups (broad SMARTS) is 1. The molecule has 17 heavy (non-hydrogen) atoms. The van der Waals surface area contributed by atoms with E-state index < -0.39 is 12.0 Å². The van der Waals surface area contributed by atoms with Crippen molar-refractivity contribution in [3.63, 3.8) is 0 Å². The summed E-state index contributed by atoms with van der Waals surface area (Å²) < 4.78 is 0. The number of carbonyl (C=O) groups is 1. The molecular formula is C10H13N5O2. The molecule has 2 heterocycles. The van der Waals surface area contributed by atoms with Crippen LogP contribution in [0.5, 0.6) is 0 Å². The Labute approximate surface area is 97.3 Å². The van der Waals surface area contributed by atoms with Gasteiger partial charge in [-0.1, -0.05) is 0 Å². The van der Waals surface area contributed by atoms with Crippen molar-refractivity contribution in [3.8, 4) is 0 Å². The van der Waals surface area contributed by atoms with Gasteiger partial charge in [0.1, 0.15) is 6.04 Å². The summed E-state index contributed by atoms with van der Waals surface area (Å²) in [6.07, 6.45) is 6.83. The summed E-state index contributed by atoms with van der Waals surface area (Å²) in [6, 6.07) is -0.671. The standard InChI is InChI=1S/C10H13N5O2/c16-10(17)9(1-7-2-11-5-14-7)13-4-8-3-12-6-15-8/h2-3,5-6,9,13H,1,4H2,(H,11,14)(H,12,15)(H,16,17). The lowest BCUT2D eigenvalue weighted by molar-refractivity contribution is -0.139. The third-order valence-corrected chi connectivity index (χ3v) is 2.35. The van der Waals surface area contributed by atoms with Crippen LogP contribution in [0.3, 0.4) is 0 Å². The Balaban J connectivity index is 1.91. The minimum Gasteiger partial charge on any atom is -0.480 e. The molecule has 2 aromatic rings. The van der Waals surface area contributed by atoms with E-state index in [2.05, 4.69) is 25.3 Å². The third kappa shape index (κ3) is 3.15. The van der Waals surface area contributed by atoms with Crippen LogP contribution in [0.15, 0.2) is 25.0 Å². The number of hydrogen-bond acceptors (Lipinski definition) is 4. The highest BCUT2D eigenvalue weighted by atomic mass is 16.4. The summed E-state index contributed by atoms with van der Waals surface area (Å²) in [6.45, 7) is 0.408. The molecule has 0 amide bonds. The van der Waals surface area contributed by atoms with Gasteiger partial charge in [-0.25, -0.2) is 9.97 Å². The predicted molar refractivity (Wildman–Crippen MR) is 59.1 cm³/mol. The molecule has 1 unspecified atom stereocenters. The molecule has 2 rings (SSSR count). The van der Waals surface area contributed by atoms with E-state index in [9.17, 15) is 4.79 Å². The molecule has 0 saturated heterocycles. The zero-order valence-electron chi connectivity index (χ0n) is 9.05. The van der Waals surface area contributed by atoms with Gasteiger partial charge in [0.25, 0.3) is 0 Å². The number of imidazole rings is 2. The van der Waals surface area contributed by atoms with Gasteiger partial charge < -0.3 is 15.1 Å².